The molecule has 0 bridgehead atoms. The minimum Gasteiger partial charge on any atom is -0.506 e. The summed E-state index contributed by atoms with van der Waals surface area (Å²) in [6, 6.07) is 10.9. The van der Waals surface area contributed by atoms with Crippen LogP contribution in [0.5, 0.6) is 5.75 Å². The van der Waals surface area contributed by atoms with Gasteiger partial charge in [-0.25, -0.2) is 4.39 Å². The second kappa shape index (κ2) is 4.96. The first kappa shape index (κ1) is 12.7. The monoisotopic (exact) mass is 271 g/mol. The van der Waals surface area contributed by atoms with Gasteiger partial charge in [-0.15, -0.1) is 0 Å². The molecule has 0 aliphatic carbocycles. The van der Waals surface area contributed by atoms with Gasteiger partial charge in [-0.1, -0.05) is 18.2 Å². The van der Waals surface area contributed by atoms with Crippen LogP contribution >= 0.6 is 0 Å². The zero-order valence-electron chi connectivity index (χ0n) is 10.8. The molecule has 3 rings (SSSR count). The van der Waals surface area contributed by atoms with Gasteiger partial charge in [0.1, 0.15) is 11.6 Å². The second-order valence-corrected chi connectivity index (χ2v) is 4.86. The average molecular weight is 271 g/mol. The minimum atomic E-state index is -0.439. The number of aryl methyl sites for hydroxylation is 1. The molecule has 1 amide bonds. The molecule has 0 spiro atoms. The summed E-state index contributed by atoms with van der Waals surface area (Å²) in [6.45, 7) is 0.528. The summed E-state index contributed by atoms with van der Waals surface area (Å²) in [5.41, 5.74) is 1.79. The van der Waals surface area contributed by atoms with Crippen LogP contribution in [0.15, 0.2) is 42.5 Å². The lowest BCUT2D eigenvalue weighted by molar-refractivity contribution is 0.0984. The number of anilines is 1. The standard InChI is InChI=1S/C16H14FNO2/c17-13-7-1-5-12(10-13)16(20)18-9-3-6-11-4-2-8-14(19)15(11)18/h1-2,4-5,7-8,10,19H,3,6,9H2. The quantitative estimate of drug-likeness (QED) is 0.865. The summed E-state index contributed by atoms with van der Waals surface area (Å²) in [5, 5.41) is 10.0. The Labute approximate surface area is 116 Å². The first-order valence-electron chi connectivity index (χ1n) is 6.55. The van der Waals surface area contributed by atoms with E-state index >= 15 is 0 Å². The number of nitrogens with zero attached hydrogens (tertiary/aromatic N) is 1. The number of amides is 1. The van der Waals surface area contributed by atoms with Crippen LogP contribution in [0, 0.1) is 5.82 Å². The van der Waals surface area contributed by atoms with Gasteiger partial charge in [-0.3, -0.25) is 4.79 Å². The smallest absolute Gasteiger partial charge is 0.258 e. The maximum Gasteiger partial charge on any atom is 0.258 e. The van der Waals surface area contributed by atoms with Crippen molar-refractivity contribution in [2.24, 2.45) is 0 Å². The number of carbonyl (C=O) groups is 1. The third-order valence-electron chi connectivity index (χ3n) is 3.51. The third kappa shape index (κ3) is 2.13. The number of hydrogen-bond acceptors (Lipinski definition) is 2. The van der Waals surface area contributed by atoms with E-state index in [0.29, 0.717) is 17.8 Å². The maximum atomic E-state index is 13.2. The number of rotatable bonds is 1. The number of hydrogen-bond donors (Lipinski definition) is 1. The summed E-state index contributed by atoms with van der Waals surface area (Å²) >= 11 is 0. The van der Waals surface area contributed by atoms with E-state index in [9.17, 15) is 14.3 Å². The molecule has 1 N–H and O–H groups in total. The predicted molar refractivity (Wildman–Crippen MR) is 74.5 cm³/mol. The molecular formula is C16H14FNO2. The molecule has 0 unspecified atom stereocenters. The van der Waals surface area contributed by atoms with Crippen LogP contribution in [0.25, 0.3) is 0 Å². The summed E-state index contributed by atoms with van der Waals surface area (Å²) in [6.07, 6.45) is 1.66. The van der Waals surface area contributed by atoms with E-state index < -0.39 is 5.82 Å². The van der Waals surface area contributed by atoms with Crippen molar-refractivity contribution in [2.45, 2.75) is 12.8 Å². The maximum absolute atomic E-state index is 13.2. The Hall–Kier alpha value is -2.36. The molecule has 1 heterocycles. The molecule has 1 aliphatic heterocycles. The molecule has 0 saturated heterocycles. The van der Waals surface area contributed by atoms with Gasteiger partial charge >= 0.3 is 0 Å². The largest absolute Gasteiger partial charge is 0.506 e. The third-order valence-corrected chi connectivity index (χ3v) is 3.51. The van der Waals surface area contributed by atoms with Gasteiger partial charge < -0.3 is 10.0 Å². The molecule has 0 aromatic heterocycles. The number of fused-ring (bicyclic) bond motifs is 1. The van der Waals surface area contributed by atoms with Crippen molar-refractivity contribution >= 4 is 11.6 Å². The van der Waals surface area contributed by atoms with E-state index in [0.717, 1.165) is 18.4 Å². The van der Waals surface area contributed by atoms with Crippen LogP contribution < -0.4 is 4.90 Å². The minimum absolute atomic E-state index is 0.0898. The molecule has 0 atom stereocenters. The number of benzene rings is 2. The Morgan fingerprint density at radius 2 is 2.00 bits per heavy atom. The summed E-state index contributed by atoms with van der Waals surface area (Å²) in [7, 11) is 0. The van der Waals surface area contributed by atoms with E-state index in [1.54, 1.807) is 18.2 Å². The van der Waals surface area contributed by atoms with E-state index in [-0.39, 0.29) is 11.7 Å². The SMILES string of the molecule is O=C(c1cccc(F)c1)N1CCCc2cccc(O)c21. The molecule has 0 fully saturated rings. The van der Waals surface area contributed by atoms with Crippen LogP contribution in [-0.4, -0.2) is 17.6 Å². The van der Waals surface area contributed by atoms with Gasteiger partial charge in [0, 0.05) is 12.1 Å². The molecule has 0 saturated carbocycles. The highest BCUT2D eigenvalue weighted by Crippen LogP contribution is 2.36. The molecule has 4 heteroatoms. The molecule has 102 valence electrons. The lowest BCUT2D eigenvalue weighted by Crippen LogP contribution is -2.35. The Balaban J connectivity index is 2.03. The normalized spacial score (nSPS) is 13.9. The fourth-order valence-corrected chi connectivity index (χ4v) is 2.61. The molecule has 3 nitrogen and oxygen atoms in total. The zero-order valence-corrected chi connectivity index (χ0v) is 10.8. The number of aromatic hydroxyl groups is 1. The first-order valence-corrected chi connectivity index (χ1v) is 6.55. The first-order chi connectivity index (χ1) is 9.66. The highest BCUT2D eigenvalue weighted by atomic mass is 19.1. The number of para-hydroxylation sites is 1. The number of halogens is 1. The van der Waals surface area contributed by atoms with Crippen molar-refractivity contribution < 1.29 is 14.3 Å². The zero-order chi connectivity index (χ0) is 14.1. The Morgan fingerprint density at radius 1 is 1.20 bits per heavy atom. The Bertz CT molecular complexity index is 669. The number of phenolic OH excluding ortho intramolecular Hbond substituents is 1. The van der Waals surface area contributed by atoms with E-state index in [1.165, 1.54) is 23.1 Å². The van der Waals surface area contributed by atoms with Crippen molar-refractivity contribution in [1.29, 1.82) is 0 Å². The van der Waals surface area contributed by atoms with Crippen LogP contribution in [0.2, 0.25) is 0 Å². The molecular weight excluding hydrogens is 257 g/mol. The topological polar surface area (TPSA) is 40.5 Å². The van der Waals surface area contributed by atoms with Crippen molar-refractivity contribution in [3.05, 3.63) is 59.4 Å². The van der Waals surface area contributed by atoms with Crippen LogP contribution in [0.3, 0.4) is 0 Å². The van der Waals surface area contributed by atoms with E-state index in [4.69, 9.17) is 0 Å². The van der Waals surface area contributed by atoms with Gasteiger partial charge in [-0.2, -0.15) is 0 Å². The van der Waals surface area contributed by atoms with Crippen molar-refractivity contribution in [1.82, 2.24) is 0 Å². The van der Waals surface area contributed by atoms with Gasteiger partial charge in [0.2, 0.25) is 0 Å². The van der Waals surface area contributed by atoms with Gasteiger partial charge in [0.05, 0.1) is 5.69 Å². The fourth-order valence-electron chi connectivity index (χ4n) is 2.61. The molecule has 20 heavy (non-hydrogen) atoms. The van der Waals surface area contributed by atoms with Gasteiger partial charge in [0.15, 0.2) is 0 Å². The Kier molecular flexibility index (Phi) is 3.14. The van der Waals surface area contributed by atoms with Crippen molar-refractivity contribution in [2.75, 3.05) is 11.4 Å². The lowest BCUT2D eigenvalue weighted by Gasteiger charge is -2.30. The van der Waals surface area contributed by atoms with Gasteiger partial charge in [0.25, 0.3) is 5.91 Å². The van der Waals surface area contributed by atoms with Crippen molar-refractivity contribution in [3.8, 4) is 5.75 Å². The summed E-state index contributed by atoms with van der Waals surface area (Å²) in [5.74, 6) is -0.635. The van der Waals surface area contributed by atoms with E-state index in [2.05, 4.69) is 0 Å². The van der Waals surface area contributed by atoms with Crippen LogP contribution in [0.4, 0.5) is 10.1 Å². The second-order valence-electron chi connectivity index (χ2n) is 4.86. The van der Waals surface area contributed by atoms with Crippen molar-refractivity contribution in [3.63, 3.8) is 0 Å². The molecule has 0 radical (unpaired) electrons. The molecule has 1 aliphatic rings. The lowest BCUT2D eigenvalue weighted by atomic mass is 10.00. The average Bonchev–Trinajstić information content (AvgIpc) is 2.46. The van der Waals surface area contributed by atoms with Crippen LogP contribution in [-0.2, 0) is 6.42 Å². The number of phenols is 1. The summed E-state index contributed by atoms with van der Waals surface area (Å²) < 4.78 is 13.2. The Morgan fingerprint density at radius 3 is 2.80 bits per heavy atom. The number of carbonyl (C=O) groups excluding carboxylic acids is 1. The van der Waals surface area contributed by atoms with Crippen LogP contribution in [0.1, 0.15) is 22.3 Å². The highest BCUT2D eigenvalue weighted by molar-refractivity contribution is 6.07. The van der Waals surface area contributed by atoms with E-state index in [1.807, 2.05) is 6.07 Å². The molecule has 2 aromatic rings. The highest BCUT2D eigenvalue weighted by Gasteiger charge is 2.26. The predicted octanol–water partition coefficient (Wildman–Crippen LogP) is 3.12. The summed E-state index contributed by atoms with van der Waals surface area (Å²) in [4.78, 5) is 14.0. The van der Waals surface area contributed by atoms with Gasteiger partial charge in [-0.05, 0) is 42.7 Å². The molecule has 2 aromatic carbocycles. The fraction of sp³-hybridized carbons (Fsp3) is 0.188.